The fraction of sp³-hybridized carbons (Fsp3) is 0.238. The van der Waals surface area contributed by atoms with E-state index in [1.165, 1.54) is 41.1 Å². The van der Waals surface area contributed by atoms with E-state index in [2.05, 4.69) is 5.10 Å². The zero-order valence-electron chi connectivity index (χ0n) is 16.8. The van der Waals surface area contributed by atoms with Crippen molar-refractivity contribution in [3.63, 3.8) is 0 Å². The van der Waals surface area contributed by atoms with Gasteiger partial charge in [0.1, 0.15) is 0 Å². The van der Waals surface area contributed by atoms with Crippen LogP contribution in [0.4, 0.5) is 18.9 Å². The summed E-state index contributed by atoms with van der Waals surface area (Å²) in [6.07, 6.45) is -4.60. The molecule has 0 aliphatic heterocycles. The number of nitro groups is 1. The molecule has 0 fully saturated rings. The average molecular weight is 433 g/mol. The number of esters is 1. The predicted octanol–water partition coefficient (Wildman–Crippen LogP) is 5.32. The molecule has 0 radical (unpaired) electrons. The third-order valence-electron chi connectivity index (χ3n) is 4.37. The van der Waals surface area contributed by atoms with Crippen LogP contribution in [0, 0.1) is 10.1 Å². The number of nitrogens with zero attached hydrogens (tertiary/aromatic N) is 3. The van der Waals surface area contributed by atoms with Crippen molar-refractivity contribution in [2.24, 2.45) is 0 Å². The molecule has 31 heavy (non-hydrogen) atoms. The first-order valence-electron chi connectivity index (χ1n) is 9.11. The molecular formula is C21H18F3N3O4. The van der Waals surface area contributed by atoms with Crippen molar-refractivity contribution in [1.82, 2.24) is 9.78 Å². The molecule has 1 heterocycles. The Hall–Kier alpha value is -3.69. The number of benzene rings is 2. The molecule has 3 aromatic rings. The van der Waals surface area contributed by atoms with E-state index in [1.807, 2.05) is 20.8 Å². The van der Waals surface area contributed by atoms with Crippen molar-refractivity contribution >= 4 is 11.7 Å². The van der Waals surface area contributed by atoms with Crippen LogP contribution in [0.15, 0.2) is 54.6 Å². The highest BCUT2D eigenvalue weighted by molar-refractivity contribution is 5.91. The maximum atomic E-state index is 13.0. The molecule has 0 spiro atoms. The zero-order chi connectivity index (χ0) is 23.0. The van der Waals surface area contributed by atoms with Gasteiger partial charge < -0.3 is 4.74 Å². The smallest absolute Gasteiger partial charge is 0.404 e. The van der Waals surface area contributed by atoms with Crippen LogP contribution in [0.3, 0.4) is 0 Å². The van der Waals surface area contributed by atoms with Gasteiger partial charge in [0.05, 0.1) is 27.4 Å². The summed E-state index contributed by atoms with van der Waals surface area (Å²) >= 11 is 0. The van der Waals surface area contributed by atoms with Crippen LogP contribution in [0.1, 0.15) is 42.4 Å². The largest absolute Gasteiger partial charge is 0.416 e. The summed E-state index contributed by atoms with van der Waals surface area (Å²) < 4.78 is 45.5. The van der Waals surface area contributed by atoms with Crippen LogP contribution < -0.4 is 4.74 Å². The summed E-state index contributed by atoms with van der Waals surface area (Å²) in [7, 11) is 0. The lowest BCUT2D eigenvalue weighted by atomic mass is 9.93. The minimum Gasteiger partial charge on any atom is -0.404 e. The van der Waals surface area contributed by atoms with Crippen molar-refractivity contribution < 1.29 is 27.6 Å². The number of nitro benzene ring substituents is 1. The second-order valence-electron chi connectivity index (χ2n) is 7.77. The Kier molecular flexibility index (Phi) is 5.58. The van der Waals surface area contributed by atoms with Gasteiger partial charge in [-0.2, -0.15) is 18.3 Å². The van der Waals surface area contributed by atoms with E-state index in [0.717, 1.165) is 12.1 Å². The summed E-state index contributed by atoms with van der Waals surface area (Å²) in [5.41, 5.74) is -0.867. The minimum atomic E-state index is -4.60. The van der Waals surface area contributed by atoms with Crippen molar-refractivity contribution in [3.05, 3.63) is 81.5 Å². The Bertz CT molecular complexity index is 1130. The highest BCUT2D eigenvalue weighted by Gasteiger charge is 2.31. The van der Waals surface area contributed by atoms with Gasteiger partial charge in [-0.25, -0.2) is 9.48 Å². The molecule has 3 rings (SSSR count). The molecule has 0 aliphatic carbocycles. The van der Waals surface area contributed by atoms with Gasteiger partial charge in [-0.05, 0) is 30.3 Å². The molecule has 7 nitrogen and oxygen atoms in total. The molecule has 0 atom stereocenters. The van der Waals surface area contributed by atoms with E-state index in [4.69, 9.17) is 4.74 Å². The van der Waals surface area contributed by atoms with E-state index in [-0.39, 0.29) is 17.1 Å². The molecule has 0 saturated heterocycles. The highest BCUT2D eigenvalue weighted by Crippen LogP contribution is 2.31. The Morgan fingerprint density at radius 1 is 1.06 bits per heavy atom. The van der Waals surface area contributed by atoms with Crippen LogP contribution >= 0.6 is 0 Å². The van der Waals surface area contributed by atoms with Gasteiger partial charge in [0.2, 0.25) is 5.88 Å². The van der Waals surface area contributed by atoms with Crippen molar-refractivity contribution in [2.45, 2.75) is 32.4 Å². The highest BCUT2D eigenvalue weighted by atomic mass is 19.4. The fourth-order valence-corrected chi connectivity index (χ4v) is 2.68. The second kappa shape index (κ2) is 7.86. The van der Waals surface area contributed by atoms with Gasteiger partial charge in [0, 0.05) is 23.6 Å². The third-order valence-corrected chi connectivity index (χ3v) is 4.37. The quantitative estimate of drug-likeness (QED) is 0.316. The number of rotatable bonds is 4. The van der Waals surface area contributed by atoms with E-state index < -0.39 is 28.0 Å². The van der Waals surface area contributed by atoms with E-state index in [1.54, 1.807) is 0 Å². The summed E-state index contributed by atoms with van der Waals surface area (Å²) in [5, 5.41) is 15.3. The summed E-state index contributed by atoms with van der Waals surface area (Å²) in [6.45, 7) is 5.65. The lowest BCUT2D eigenvalue weighted by molar-refractivity contribution is -0.384. The molecule has 0 bridgehead atoms. The second-order valence-corrected chi connectivity index (χ2v) is 7.77. The molecule has 162 valence electrons. The van der Waals surface area contributed by atoms with Crippen LogP contribution in [0.5, 0.6) is 5.88 Å². The number of hydrogen-bond acceptors (Lipinski definition) is 5. The van der Waals surface area contributed by atoms with Crippen LogP contribution in [-0.2, 0) is 11.6 Å². The normalized spacial score (nSPS) is 11.9. The molecule has 2 aromatic carbocycles. The van der Waals surface area contributed by atoms with Crippen molar-refractivity contribution in [2.75, 3.05) is 0 Å². The molecule has 0 N–H and O–H groups in total. The fourth-order valence-electron chi connectivity index (χ4n) is 2.68. The van der Waals surface area contributed by atoms with E-state index in [0.29, 0.717) is 17.4 Å². The van der Waals surface area contributed by atoms with E-state index in [9.17, 15) is 28.1 Å². The van der Waals surface area contributed by atoms with Crippen molar-refractivity contribution in [3.8, 4) is 11.6 Å². The van der Waals surface area contributed by atoms with Gasteiger partial charge in [-0.1, -0.05) is 26.8 Å². The van der Waals surface area contributed by atoms with Gasteiger partial charge >= 0.3 is 12.1 Å². The predicted molar refractivity (Wildman–Crippen MR) is 105 cm³/mol. The Balaban J connectivity index is 1.99. The average Bonchev–Trinajstić information content (AvgIpc) is 3.11. The Morgan fingerprint density at radius 2 is 1.71 bits per heavy atom. The summed E-state index contributed by atoms with van der Waals surface area (Å²) in [4.78, 5) is 22.9. The monoisotopic (exact) mass is 433 g/mol. The minimum absolute atomic E-state index is 0.0267. The van der Waals surface area contributed by atoms with Crippen molar-refractivity contribution in [1.29, 1.82) is 0 Å². The van der Waals surface area contributed by atoms with Gasteiger partial charge in [-0.3, -0.25) is 10.1 Å². The number of carbonyl (C=O) groups excluding carboxylic acids is 1. The molecule has 0 saturated carbocycles. The summed E-state index contributed by atoms with van der Waals surface area (Å²) in [5.74, 6) is -1.02. The van der Waals surface area contributed by atoms with Gasteiger partial charge in [0.25, 0.3) is 5.69 Å². The van der Waals surface area contributed by atoms with Crippen LogP contribution in [-0.4, -0.2) is 20.7 Å². The first-order valence-corrected chi connectivity index (χ1v) is 9.11. The number of ether oxygens (including phenoxy) is 1. The van der Waals surface area contributed by atoms with E-state index >= 15 is 0 Å². The molecule has 0 aliphatic rings. The first-order chi connectivity index (χ1) is 14.4. The third kappa shape index (κ3) is 4.90. The number of halogens is 3. The topological polar surface area (TPSA) is 87.3 Å². The Morgan fingerprint density at radius 3 is 2.26 bits per heavy atom. The number of aromatic nitrogens is 2. The Labute approximate surface area is 175 Å². The SMILES string of the molecule is CC(C)(C)c1cc(OC(=O)c2cccc(C(F)(F)F)c2)n(-c2ccc([N+](=O)[O-])cc2)n1. The lowest BCUT2D eigenvalue weighted by Gasteiger charge is -2.13. The number of alkyl halides is 3. The standard InChI is InChI=1S/C21H18F3N3O4/c1-20(2,3)17-12-18(26(25-17)15-7-9-16(10-8-15)27(29)30)31-19(28)13-5-4-6-14(11-13)21(22,23)24/h4-12H,1-3H3. The number of hydrogen-bond donors (Lipinski definition) is 0. The van der Waals surface area contributed by atoms with Gasteiger partial charge in [-0.15, -0.1) is 0 Å². The van der Waals surface area contributed by atoms with Gasteiger partial charge in [0.15, 0.2) is 0 Å². The molecule has 0 unspecified atom stereocenters. The summed E-state index contributed by atoms with van der Waals surface area (Å²) in [6, 6.07) is 10.8. The molecule has 10 heteroatoms. The first kappa shape index (κ1) is 22.0. The number of non-ortho nitro benzene ring substituents is 1. The maximum Gasteiger partial charge on any atom is 0.416 e. The number of carbonyl (C=O) groups is 1. The van der Waals surface area contributed by atoms with Crippen LogP contribution in [0.2, 0.25) is 0 Å². The molecule has 1 aromatic heterocycles. The lowest BCUT2D eigenvalue weighted by Crippen LogP contribution is -2.14. The zero-order valence-corrected chi connectivity index (χ0v) is 16.8. The molecular weight excluding hydrogens is 415 g/mol. The van der Waals surface area contributed by atoms with Crippen LogP contribution in [0.25, 0.3) is 5.69 Å². The maximum absolute atomic E-state index is 13.0. The molecule has 0 amide bonds.